The van der Waals surface area contributed by atoms with Gasteiger partial charge < -0.3 is 5.73 Å². The number of hydrogen-bond acceptors (Lipinski definition) is 3. The van der Waals surface area contributed by atoms with Crippen LogP contribution in [0.2, 0.25) is 0 Å². The molecule has 0 unspecified atom stereocenters. The molecular formula is C10H7BrN2S. The largest absolute Gasteiger partial charge is 0.398 e. The Balaban J connectivity index is 2.66. The third kappa shape index (κ3) is 1.49. The molecule has 1 aromatic heterocycles. The maximum atomic E-state index is 8.59. The van der Waals surface area contributed by atoms with Gasteiger partial charge in [-0.05, 0) is 34.1 Å². The molecule has 0 saturated heterocycles. The molecule has 2 aromatic rings. The second-order valence-corrected chi connectivity index (χ2v) is 4.89. The Morgan fingerprint density at radius 2 is 2.29 bits per heavy atom. The van der Waals surface area contributed by atoms with Gasteiger partial charge in [0, 0.05) is 25.1 Å². The second-order valence-electron chi connectivity index (χ2n) is 2.93. The summed E-state index contributed by atoms with van der Waals surface area (Å²) in [5, 5.41) is 9.69. The van der Waals surface area contributed by atoms with Crippen LogP contribution in [0.5, 0.6) is 0 Å². The normalized spacial score (nSPS) is 10.3. The highest BCUT2D eigenvalue weighted by molar-refractivity contribution is 9.10. The fraction of sp³-hybridized carbons (Fsp3) is 0.100. The Hall–Kier alpha value is -1.05. The van der Waals surface area contributed by atoms with Crippen LogP contribution in [0.3, 0.4) is 0 Å². The van der Waals surface area contributed by atoms with E-state index in [0.29, 0.717) is 6.42 Å². The molecule has 0 fully saturated rings. The molecule has 2 nitrogen and oxygen atoms in total. The summed E-state index contributed by atoms with van der Waals surface area (Å²) in [6, 6.07) is 8.02. The van der Waals surface area contributed by atoms with Crippen LogP contribution in [0.25, 0.3) is 10.1 Å². The first-order valence-corrected chi connectivity index (χ1v) is 5.66. The van der Waals surface area contributed by atoms with Crippen molar-refractivity contribution >= 4 is 43.0 Å². The summed E-state index contributed by atoms with van der Waals surface area (Å²) in [5.74, 6) is 0. The van der Waals surface area contributed by atoms with Crippen molar-refractivity contribution in [3.63, 3.8) is 0 Å². The van der Waals surface area contributed by atoms with Gasteiger partial charge in [-0.2, -0.15) is 5.26 Å². The van der Waals surface area contributed by atoms with Gasteiger partial charge in [-0.15, -0.1) is 11.3 Å². The number of anilines is 1. The molecule has 0 spiro atoms. The Labute approximate surface area is 94.1 Å². The van der Waals surface area contributed by atoms with Gasteiger partial charge in [-0.1, -0.05) is 0 Å². The van der Waals surface area contributed by atoms with Gasteiger partial charge in [0.1, 0.15) is 0 Å². The van der Waals surface area contributed by atoms with E-state index in [1.165, 1.54) is 0 Å². The van der Waals surface area contributed by atoms with Crippen molar-refractivity contribution in [3.8, 4) is 6.07 Å². The van der Waals surface area contributed by atoms with Crippen LogP contribution in [0.15, 0.2) is 22.7 Å². The van der Waals surface area contributed by atoms with Gasteiger partial charge in [0.25, 0.3) is 0 Å². The van der Waals surface area contributed by atoms with E-state index in [4.69, 9.17) is 11.0 Å². The number of nitrogens with zero attached hydrogens (tertiary/aromatic N) is 1. The van der Waals surface area contributed by atoms with Crippen LogP contribution in [-0.2, 0) is 6.42 Å². The van der Waals surface area contributed by atoms with Gasteiger partial charge in [0.05, 0.1) is 12.5 Å². The molecule has 0 saturated carbocycles. The smallest absolute Gasteiger partial charge is 0.0696 e. The average Bonchev–Trinajstić information content (AvgIpc) is 2.56. The zero-order valence-corrected chi connectivity index (χ0v) is 9.65. The number of thiophene rings is 1. The minimum Gasteiger partial charge on any atom is -0.398 e. The third-order valence-electron chi connectivity index (χ3n) is 1.97. The molecule has 1 aromatic carbocycles. The number of benzene rings is 1. The number of fused-ring (bicyclic) bond motifs is 1. The van der Waals surface area contributed by atoms with Crippen LogP contribution in [0.1, 0.15) is 4.88 Å². The van der Waals surface area contributed by atoms with Gasteiger partial charge >= 0.3 is 0 Å². The summed E-state index contributed by atoms with van der Waals surface area (Å²) in [7, 11) is 0. The van der Waals surface area contributed by atoms with Crippen LogP contribution < -0.4 is 5.73 Å². The summed E-state index contributed by atoms with van der Waals surface area (Å²) in [4.78, 5) is 1.08. The number of nitriles is 1. The molecule has 2 rings (SSSR count). The maximum absolute atomic E-state index is 8.59. The molecule has 0 atom stereocenters. The fourth-order valence-corrected chi connectivity index (χ4v) is 2.91. The van der Waals surface area contributed by atoms with E-state index in [1.54, 1.807) is 11.3 Å². The molecule has 0 aliphatic carbocycles. The van der Waals surface area contributed by atoms with Crippen molar-refractivity contribution in [1.82, 2.24) is 0 Å². The number of halogens is 1. The van der Waals surface area contributed by atoms with Crippen LogP contribution in [0, 0.1) is 11.3 Å². The Morgan fingerprint density at radius 1 is 1.50 bits per heavy atom. The lowest BCUT2D eigenvalue weighted by Gasteiger charge is -1.97. The Kier molecular flexibility index (Phi) is 2.44. The first-order chi connectivity index (χ1) is 6.72. The van der Waals surface area contributed by atoms with Crippen molar-refractivity contribution in [1.29, 1.82) is 5.26 Å². The van der Waals surface area contributed by atoms with Crippen LogP contribution >= 0.6 is 27.3 Å². The van der Waals surface area contributed by atoms with E-state index >= 15 is 0 Å². The highest BCUT2D eigenvalue weighted by atomic mass is 79.9. The summed E-state index contributed by atoms with van der Waals surface area (Å²) < 4.78 is 2.09. The molecule has 0 aliphatic rings. The van der Waals surface area contributed by atoms with Crippen molar-refractivity contribution in [2.45, 2.75) is 6.42 Å². The number of hydrogen-bond donors (Lipinski definition) is 1. The molecule has 70 valence electrons. The van der Waals surface area contributed by atoms with E-state index < -0.39 is 0 Å². The SMILES string of the molecule is N#CCc1cc2c(Br)c(N)ccc2s1. The van der Waals surface area contributed by atoms with Gasteiger partial charge in [-0.3, -0.25) is 0 Å². The average molecular weight is 267 g/mol. The summed E-state index contributed by atoms with van der Waals surface area (Å²) in [5.41, 5.74) is 6.50. The zero-order chi connectivity index (χ0) is 10.1. The van der Waals surface area contributed by atoms with E-state index in [0.717, 1.165) is 25.1 Å². The third-order valence-corrected chi connectivity index (χ3v) is 3.95. The summed E-state index contributed by atoms with van der Waals surface area (Å²) in [6.45, 7) is 0. The number of nitrogens with two attached hydrogens (primary N) is 1. The summed E-state index contributed by atoms with van der Waals surface area (Å²) >= 11 is 5.08. The monoisotopic (exact) mass is 266 g/mol. The first-order valence-electron chi connectivity index (χ1n) is 4.05. The molecular weight excluding hydrogens is 260 g/mol. The molecule has 1 heterocycles. The standard InChI is InChI=1S/C10H7BrN2S/c11-10-7-5-6(3-4-12)14-9(7)2-1-8(10)13/h1-2,5H,3,13H2. The topological polar surface area (TPSA) is 49.8 Å². The molecule has 4 heteroatoms. The van der Waals surface area contributed by atoms with Gasteiger partial charge in [0.2, 0.25) is 0 Å². The van der Waals surface area contributed by atoms with Crippen molar-refractivity contribution in [2.75, 3.05) is 5.73 Å². The van der Waals surface area contributed by atoms with Crippen molar-refractivity contribution < 1.29 is 0 Å². The quantitative estimate of drug-likeness (QED) is 0.806. The summed E-state index contributed by atoms with van der Waals surface area (Å²) in [6.07, 6.45) is 0.464. The number of rotatable bonds is 1. The van der Waals surface area contributed by atoms with Gasteiger partial charge in [-0.25, -0.2) is 0 Å². The first kappa shape index (κ1) is 9.50. The molecule has 2 N–H and O–H groups in total. The minimum absolute atomic E-state index is 0.464. The Morgan fingerprint density at radius 3 is 3.00 bits per heavy atom. The van der Waals surface area contributed by atoms with Gasteiger partial charge in [0.15, 0.2) is 0 Å². The second kappa shape index (κ2) is 3.60. The minimum atomic E-state index is 0.464. The molecule has 0 amide bonds. The van der Waals surface area contributed by atoms with Crippen molar-refractivity contribution in [3.05, 3.63) is 27.5 Å². The van der Waals surface area contributed by atoms with Crippen molar-refractivity contribution in [2.24, 2.45) is 0 Å². The highest BCUT2D eigenvalue weighted by Crippen LogP contribution is 2.35. The molecule has 0 bridgehead atoms. The number of nitrogen functional groups attached to an aromatic ring is 1. The molecule has 0 aliphatic heterocycles. The Bertz CT molecular complexity index is 525. The lowest BCUT2D eigenvalue weighted by Crippen LogP contribution is -1.84. The van der Waals surface area contributed by atoms with Crippen LogP contribution in [-0.4, -0.2) is 0 Å². The highest BCUT2D eigenvalue weighted by Gasteiger charge is 2.06. The maximum Gasteiger partial charge on any atom is 0.0696 e. The van der Waals surface area contributed by atoms with E-state index in [-0.39, 0.29) is 0 Å². The van der Waals surface area contributed by atoms with E-state index in [1.807, 2.05) is 18.2 Å². The molecule has 14 heavy (non-hydrogen) atoms. The fourth-order valence-electron chi connectivity index (χ4n) is 1.31. The van der Waals surface area contributed by atoms with E-state index in [2.05, 4.69) is 22.0 Å². The predicted molar refractivity (Wildman–Crippen MR) is 63.3 cm³/mol. The predicted octanol–water partition coefficient (Wildman–Crippen LogP) is 3.31. The molecule has 0 radical (unpaired) electrons. The zero-order valence-electron chi connectivity index (χ0n) is 7.25. The van der Waals surface area contributed by atoms with E-state index in [9.17, 15) is 0 Å². The lowest BCUT2D eigenvalue weighted by molar-refractivity contribution is 1.32. The lowest BCUT2D eigenvalue weighted by atomic mass is 10.2. The van der Waals surface area contributed by atoms with Crippen LogP contribution in [0.4, 0.5) is 5.69 Å².